The van der Waals surface area contributed by atoms with Crippen molar-refractivity contribution >= 4 is 23.5 Å². The number of hydrogen-bond acceptors (Lipinski definition) is 3. The second-order valence-electron chi connectivity index (χ2n) is 6.90. The fourth-order valence-electron chi connectivity index (χ4n) is 2.94. The van der Waals surface area contributed by atoms with Crippen molar-refractivity contribution in [1.29, 1.82) is 0 Å². The fourth-order valence-corrected chi connectivity index (χ4v) is 2.94. The Morgan fingerprint density at radius 3 is 2.48 bits per heavy atom. The second-order valence-corrected chi connectivity index (χ2v) is 6.90. The summed E-state index contributed by atoms with van der Waals surface area (Å²) in [6.45, 7) is 2.43. The number of benzene rings is 2. The molecule has 27 heavy (non-hydrogen) atoms. The summed E-state index contributed by atoms with van der Waals surface area (Å²) in [6, 6.07) is 13.5. The number of aromatic carboxylic acids is 1. The van der Waals surface area contributed by atoms with Crippen LogP contribution >= 0.6 is 0 Å². The summed E-state index contributed by atoms with van der Waals surface area (Å²) in [4.78, 5) is 35.3. The molecule has 1 fully saturated rings. The highest BCUT2D eigenvalue weighted by Crippen LogP contribution is 2.38. The van der Waals surface area contributed by atoms with Crippen molar-refractivity contribution in [3.8, 4) is 0 Å². The van der Waals surface area contributed by atoms with Crippen molar-refractivity contribution in [2.75, 3.05) is 11.9 Å². The maximum atomic E-state index is 12.3. The minimum absolute atomic E-state index is 0.00151. The third-order valence-corrected chi connectivity index (χ3v) is 4.71. The lowest BCUT2D eigenvalue weighted by atomic mass is 10.1. The van der Waals surface area contributed by atoms with E-state index >= 15 is 0 Å². The highest BCUT2D eigenvalue weighted by atomic mass is 16.4. The van der Waals surface area contributed by atoms with Gasteiger partial charge in [0.2, 0.25) is 5.91 Å². The number of amides is 2. The molecule has 0 aromatic heterocycles. The SMILES string of the molecule is CC1CC1C(=O)Nc1cccc(C(=O)NCCc2cccc(C(=O)O)c2)c1. The molecule has 1 aliphatic rings. The van der Waals surface area contributed by atoms with Crippen LogP contribution in [0.4, 0.5) is 5.69 Å². The Morgan fingerprint density at radius 2 is 1.78 bits per heavy atom. The Hall–Kier alpha value is -3.15. The maximum absolute atomic E-state index is 12.3. The lowest BCUT2D eigenvalue weighted by molar-refractivity contribution is -0.117. The lowest BCUT2D eigenvalue weighted by Gasteiger charge is -2.09. The molecular weight excluding hydrogens is 344 g/mol. The summed E-state index contributed by atoms with van der Waals surface area (Å²) in [7, 11) is 0. The number of hydrogen-bond donors (Lipinski definition) is 3. The number of carboxylic acid groups (broad SMARTS) is 1. The van der Waals surface area contributed by atoms with Crippen molar-refractivity contribution in [1.82, 2.24) is 5.32 Å². The molecule has 0 aliphatic heterocycles. The molecule has 2 atom stereocenters. The van der Waals surface area contributed by atoms with Gasteiger partial charge in [-0.05, 0) is 54.7 Å². The maximum Gasteiger partial charge on any atom is 0.335 e. The summed E-state index contributed by atoms with van der Waals surface area (Å²) in [5.41, 5.74) is 2.15. The number of nitrogens with one attached hydrogen (secondary N) is 2. The number of rotatable bonds is 7. The van der Waals surface area contributed by atoms with Crippen molar-refractivity contribution < 1.29 is 19.5 Å². The van der Waals surface area contributed by atoms with Gasteiger partial charge in [-0.3, -0.25) is 9.59 Å². The van der Waals surface area contributed by atoms with Gasteiger partial charge < -0.3 is 15.7 Å². The minimum Gasteiger partial charge on any atom is -0.478 e. The van der Waals surface area contributed by atoms with E-state index in [1.165, 1.54) is 6.07 Å². The van der Waals surface area contributed by atoms with Crippen LogP contribution in [0.5, 0.6) is 0 Å². The van der Waals surface area contributed by atoms with Crippen LogP contribution in [-0.2, 0) is 11.2 Å². The Labute approximate surface area is 157 Å². The van der Waals surface area contributed by atoms with Gasteiger partial charge in [0, 0.05) is 23.7 Å². The molecule has 1 aliphatic carbocycles. The Kier molecular flexibility index (Phi) is 5.54. The average Bonchev–Trinajstić information content (AvgIpc) is 3.39. The molecule has 0 radical (unpaired) electrons. The van der Waals surface area contributed by atoms with Crippen molar-refractivity contribution in [3.63, 3.8) is 0 Å². The van der Waals surface area contributed by atoms with Crippen LogP contribution in [0, 0.1) is 11.8 Å². The molecule has 3 rings (SSSR count). The standard InChI is InChI=1S/C21H22N2O4/c1-13-10-18(13)20(25)23-17-7-3-5-15(12-17)19(24)22-9-8-14-4-2-6-16(11-14)21(26)27/h2-7,11-13,18H,8-10H2,1H3,(H,22,24)(H,23,25)(H,26,27). The van der Waals surface area contributed by atoms with E-state index in [2.05, 4.69) is 10.6 Å². The summed E-state index contributed by atoms with van der Waals surface area (Å²) in [5, 5.41) is 14.7. The topological polar surface area (TPSA) is 95.5 Å². The van der Waals surface area contributed by atoms with Gasteiger partial charge in [-0.15, -0.1) is 0 Å². The van der Waals surface area contributed by atoms with Crippen molar-refractivity contribution in [2.45, 2.75) is 19.8 Å². The normalized spacial score (nSPS) is 17.8. The largest absolute Gasteiger partial charge is 0.478 e. The molecule has 2 aromatic carbocycles. The zero-order valence-electron chi connectivity index (χ0n) is 15.1. The van der Waals surface area contributed by atoms with E-state index in [1.807, 2.05) is 13.0 Å². The van der Waals surface area contributed by atoms with E-state index in [0.29, 0.717) is 30.1 Å². The number of anilines is 1. The molecule has 3 N–H and O–H groups in total. The molecule has 0 saturated heterocycles. The predicted molar refractivity (Wildman–Crippen MR) is 102 cm³/mol. The molecule has 2 amide bonds. The van der Waals surface area contributed by atoms with Crippen LogP contribution in [0.15, 0.2) is 48.5 Å². The van der Waals surface area contributed by atoms with Crippen LogP contribution in [0.2, 0.25) is 0 Å². The number of carbonyl (C=O) groups excluding carboxylic acids is 2. The molecule has 0 heterocycles. The van der Waals surface area contributed by atoms with Gasteiger partial charge in [0.25, 0.3) is 5.91 Å². The van der Waals surface area contributed by atoms with E-state index in [0.717, 1.165) is 12.0 Å². The molecule has 2 unspecified atom stereocenters. The lowest BCUT2D eigenvalue weighted by Crippen LogP contribution is -2.26. The predicted octanol–water partition coefficient (Wildman–Crippen LogP) is 2.95. The van der Waals surface area contributed by atoms with Gasteiger partial charge in [-0.25, -0.2) is 4.79 Å². The first-order valence-electron chi connectivity index (χ1n) is 8.95. The summed E-state index contributed by atoms with van der Waals surface area (Å²) in [6.07, 6.45) is 1.44. The number of carboxylic acids is 1. The monoisotopic (exact) mass is 366 g/mol. The average molecular weight is 366 g/mol. The smallest absolute Gasteiger partial charge is 0.335 e. The Balaban J connectivity index is 1.53. The molecule has 1 saturated carbocycles. The molecule has 2 aromatic rings. The third-order valence-electron chi connectivity index (χ3n) is 4.71. The van der Waals surface area contributed by atoms with Gasteiger partial charge in [-0.2, -0.15) is 0 Å². The highest BCUT2D eigenvalue weighted by molar-refractivity contribution is 5.98. The van der Waals surface area contributed by atoms with Crippen molar-refractivity contribution in [3.05, 3.63) is 65.2 Å². The minimum atomic E-state index is -0.972. The molecule has 6 heteroatoms. The second kappa shape index (κ2) is 8.03. The van der Waals surface area contributed by atoms with Gasteiger partial charge in [-0.1, -0.05) is 25.1 Å². The zero-order valence-corrected chi connectivity index (χ0v) is 15.1. The van der Waals surface area contributed by atoms with Crippen molar-refractivity contribution in [2.24, 2.45) is 11.8 Å². The highest BCUT2D eigenvalue weighted by Gasteiger charge is 2.39. The van der Waals surface area contributed by atoms with E-state index in [1.54, 1.807) is 36.4 Å². The van der Waals surface area contributed by atoms with Crippen LogP contribution in [0.1, 0.15) is 39.6 Å². The quantitative estimate of drug-likeness (QED) is 0.702. The first-order valence-corrected chi connectivity index (χ1v) is 8.95. The van der Waals surface area contributed by atoms with Crippen LogP contribution in [-0.4, -0.2) is 29.4 Å². The first kappa shape index (κ1) is 18.6. The van der Waals surface area contributed by atoms with Gasteiger partial charge >= 0.3 is 5.97 Å². The van der Waals surface area contributed by atoms with E-state index in [4.69, 9.17) is 5.11 Å². The van der Waals surface area contributed by atoms with Crippen LogP contribution in [0.3, 0.4) is 0 Å². The van der Waals surface area contributed by atoms with Gasteiger partial charge in [0.15, 0.2) is 0 Å². The Morgan fingerprint density at radius 1 is 1.07 bits per heavy atom. The Bertz CT molecular complexity index is 878. The molecule has 0 bridgehead atoms. The molecular formula is C21H22N2O4. The first-order chi connectivity index (χ1) is 12.9. The van der Waals surface area contributed by atoms with Crippen LogP contribution in [0.25, 0.3) is 0 Å². The summed E-state index contributed by atoms with van der Waals surface area (Å²) < 4.78 is 0. The third kappa shape index (κ3) is 4.94. The van der Waals surface area contributed by atoms with Gasteiger partial charge in [0.1, 0.15) is 0 Å². The fraction of sp³-hybridized carbons (Fsp3) is 0.286. The molecule has 6 nitrogen and oxygen atoms in total. The number of carbonyl (C=O) groups is 3. The van der Waals surface area contributed by atoms with Crippen LogP contribution < -0.4 is 10.6 Å². The zero-order chi connectivity index (χ0) is 19.4. The van der Waals surface area contributed by atoms with E-state index < -0.39 is 5.97 Å². The summed E-state index contributed by atoms with van der Waals surface area (Å²) >= 11 is 0. The van der Waals surface area contributed by atoms with Gasteiger partial charge in [0.05, 0.1) is 5.56 Å². The summed E-state index contributed by atoms with van der Waals surface area (Å²) in [5.74, 6) is -0.709. The van der Waals surface area contributed by atoms with E-state index in [-0.39, 0.29) is 23.3 Å². The van der Waals surface area contributed by atoms with E-state index in [9.17, 15) is 14.4 Å². The molecule has 140 valence electrons. The molecule has 0 spiro atoms.